The standard InChI is InChI=1S/C7H4BrN3O2/c8-7-9-5-2-1-4(11(12)13)3-6(5)10-7/h1-3H,(H,9,10). The monoisotopic (exact) mass is 241 g/mol. The number of aromatic nitrogens is 2. The zero-order valence-corrected chi connectivity index (χ0v) is 7.91. The molecule has 0 fully saturated rings. The van der Waals surface area contributed by atoms with Gasteiger partial charge < -0.3 is 4.98 Å². The summed E-state index contributed by atoms with van der Waals surface area (Å²) in [6, 6.07) is 4.48. The van der Waals surface area contributed by atoms with Crippen LogP contribution in [0.2, 0.25) is 0 Å². The molecule has 66 valence electrons. The molecule has 0 saturated carbocycles. The first kappa shape index (κ1) is 8.18. The number of hydrogen-bond acceptors (Lipinski definition) is 3. The molecule has 2 rings (SSSR count). The van der Waals surface area contributed by atoms with E-state index in [-0.39, 0.29) is 5.69 Å². The largest absolute Gasteiger partial charge is 0.332 e. The van der Waals surface area contributed by atoms with Gasteiger partial charge in [0.2, 0.25) is 0 Å². The summed E-state index contributed by atoms with van der Waals surface area (Å²) in [5, 5.41) is 10.4. The van der Waals surface area contributed by atoms with E-state index in [2.05, 4.69) is 25.9 Å². The van der Waals surface area contributed by atoms with E-state index < -0.39 is 4.92 Å². The van der Waals surface area contributed by atoms with Crippen molar-refractivity contribution >= 4 is 32.7 Å². The van der Waals surface area contributed by atoms with Gasteiger partial charge in [0.1, 0.15) is 0 Å². The average molecular weight is 242 g/mol. The topological polar surface area (TPSA) is 71.8 Å². The van der Waals surface area contributed by atoms with E-state index in [0.717, 1.165) is 0 Å². The zero-order valence-electron chi connectivity index (χ0n) is 6.32. The van der Waals surface area contributed by atoms with Crippen LogP contribution in [0.15, 0.2) is 22.9 Å². The Bertz CT molecular complexity index is 480. The van der Waals surface area contributed by atoms with Crippen molar-refractivity contribution in [2.24, 2.45) is 0 Å². The van der Waals surface area contributed by atoms with E-state index in [1.165, 1.54) is 12.1 Å². The number of nitrogens with one attached hydrogen (secondary N) is 1. The maximum absolute atomic E-state index is 10.4. The first-order valence-electron chi connectivity index (χ1n) is 3.46. The molecular weight excluding hydrogens is 238 g/mol. The lowest BCUT2D eigenvalue weighted by atomic mass is 10.3. The molecule has 0 spiro atoms. The van der Waals surface area contributed by atoms with Crippen molar-refractivity contribution in [3.8, 4) is 0 Å². The Morgan fingerprint density at radius 1 is 1.54 bits per heavy atom. The minimum atomic E-state index is -0.436. The van der Waals surface area contributed by atoms with Gasteiger partial charge in [0, 0.05) is 12.1 Å². The van der Waals surface area contributed by atoms with Gasteiger partial charge in [-0.05, 0) is 22.0 Å². The molecule has 0 aliphatic rings. The highest BCUT2D eigenvalue weighted by Crippen LogP contribution is 2.20. The number of nitrogens with zero attached hydrogens (tertiary/aromatic N) is 2. The molecule has 0 amide bonds. The molecule has 2 aromatic rings. The minimum absolute atomic E-state index is 0.0589. The van der Waals surface area contributed by atoms with Crippen LogP contribution < -0.4 is 0 Å². The van der Waals surface area contributed by atoms with Crippen LogP contribution in [0.4, 0.5) is 5.69 Å². The summed E-state index contributed by atoms with van der Waals surface area (Å²) in [5.74, 6) is 0. The lowest BCUT2D eigenvalue weighted by Gasteiger charge is -1.89. The van der Waals surface area contributed by atoms with E-state index in [0.29, 0.717) is 15.8 Å². The van der Waals surface area contributed by atoms with Crippen LogP contribution in [0.25, 0.3) is 11.0 Å². The van der Waals surface area contributed by atoms with Gasteiger partial charge in [0.05, 0.1) is 16.0 Å². The number of non-ortho nitro benzene ring substituents is 1. The molecule has 0 aliphatic carbocycles. The molecule has 1 aromatic heterocycles. The van der Waals surface area contributed by atoms with Gasteiger partial charge in [-0.1, -0.05) is 0 Å². The second-order valence-corrected chi connectivity index (χ2v) is 3.24. The Morgan fingerprint density at radius 2 is 2.31 bits per heavy atom. The van der Waals surface area contributed by atoms with Crippen LogP contribution in [0.5, 0.6) is 0 Å². The SMILES string of the molecule is O=[N+]([O-])c1ccc2nc(Br)[nH]c2c1. The molecule has 0 radical (unpaired) electrons. The summed E-state index contributed by atoms with van der Waals surface area (Å²) in [5.41, 5.74) is 1.42. The quantitative estimate of drug-likeness (QED) is 0.615. The molecule has 0 saturated heterocycles. The van der Waals surface area contributed by atoms with Crippen molar-refractivity contribution in [1.29, 1.82) is 0 Å². The summed E-state index contributed by atoms with van der Waals surface area (Å²) < 4.78 is 0.572. The van der Waals surface area contributed by atoms with Crippen molar-refractivity contribution < 1.29 is 4.92 Å². The Morgan fingerprint density at radius 3 is 3.00 bits per heavy atom. The number of H-pyrrole nitrogens is 1. The summed E-state index contributed by atoms with van der Waals surface area (Å²) in [4.78, 5) is 16.9. The number of imidazole rings is 1. The smallest absolute Gasteiger partial charge is 0.271 e. The number of nitro benzene ring substituents is 1. The van der Waals surface area contributed by atoms with Gasteiger partial charge in [-0.2, -0.15) is 0 Å². The van der Waals surface area contributed by atoms with Crippen LogP contribution in [0, 0.1) is 10.1 Å². The average Bonchev–Trinajstić information content (AvgIpc) is 2.42. The summed E-state index contributed by atoms with van der Waals surface area (Å²) >= 11 is 3.15. The molecule has 13 heavy (non-hydrogen) atoms. The van der Waals surface area contributed by atoms with Crippen LogP contribution in [0.3, 0.4) is 0 Å². The predicted molar refractivity (Wildman–Crippen MR) is 50.4 cm³/mol. The van der Waals surface area contributed by atoms with E-state index in [1.807, 2.05) is 0 Å². The van der Waals surface area contributed by atoms with Gasteiger partial charge in [-0.25, -0.2) is 4.98 Å². The third kappa shape index (κ3) is 1.40. The first-order chi connectivity index (χ1) is 6.16. The lowest BCUT2D eigenvalue weighted by Crippen LogP contribution is -1.86. The second-order valence-electron chi connectivity index (χ2n) is 2.49. The third-order valence-electron chi connectivity index (χ3n) is 1.65. The molecule has 0 unspecified atom stereocenters. The number of fused-ring (bicyclic) bond motifs is 1. The molecule has 0 aliphatic heterocycles. The lowest BCUT2D eigenvalue weighted by molar-refractivity contribution is -0.384. The summed E-state index contributed by atoms with van der Waals surface area (Å²) in [7, 11) is 0. The van der Waals surface area contributed by atoms with Crippen LogP contribution in [-0.2, 0) is 0 Å². The summed E-state index contributed by atoms with van der Waals surface area (Å²) in [6.45, 7) is 0. The van der Waals surface area contributed by atoms with Crippen molar-refractivity contribution in [3.63, 3.8) is 0 Å². The number of halogens is 1. The maximum Gasteiger partial charge on any atom is 0.271 e. The summed E-state index contributed by atoms with van der Waals surface area (Å²) in [6.07, 6.45) is 0. The van der Waals surface area contributed by atoms with Gasteiger partial charge >= 0.3 is 0 Å². The molecular formula is C7H4BrN3O2. The van der Waals surface area contributed by atoms with Crippen LogP contribution in [-0.4, -0.2) is 14.9 Å². The Labute approximate surface area is 81.1 Å². The van der Waals surface area contributed by atoms with E-state index in [9.17, 15) is 10.1 Å². The highest BCUT2D eigenvalue weighted by Gasteiger charge is 2.07. The second kappa shape index (κ2) is 2.81. The molecule has 0 atom stereocenters. The van der Waals surface area contributed by atoms with Crippen molar-refractivity contribution in [2.75, 3.05) is 0 Å². The van der Waals surface area contributed by atoms with Crippen molar-refractivity contribution in [1.82, 2.24) is 9.97 Å². The van der Waals surface area contributed by atoms with E-state index >= 15 is 0 Å². The van der Waals surface area contributed by atoms with E-state index in [1.54, 1.807) is 6.07 Å². The number of nitro groups is 1. The first-order valence-corrected chi connectivity index (χ1v) is 4.26. The number of hydrogen-bond donors (Lipinski definition) is 1. The molecule has 0 bridgehead atoms. The minimum Gasteiger partial charge on any atom is -0.332 e. The van der Waals surface area contributed by atoms with Crippen molar-refractivity contribution in [3.05, 3.63) is 33.0 Å². The maximum atomic E-state index is 10.4. The van der Waals surface area contributed by atoms with Gasteiger partial charge in [-0.3, -0.25) is 10.1 Å². The molecule has 1 heterocycles. The molecule has 5 nitrogen and oxygen atoms in total. The van der Waals surface area contributed by atoms with Gasteiger partial charge in [0.25, 0.3) is 5.69 Å². The normalized spacial score (nSPS) is 10.5. The molecule has 1 aromatic carbocycles. The third-order valence-corrected chi connectivity index (χ3v) is 2.02. The van der Waals surface area contributed by atoms with Gasteiger partial charge in [-0.15, -0.1) is 0 Å². The fourth-order valence-corrected chi connectivity index (χ4v) is 1.48. The highest BCUT2D eigenvalue weighted by atomic mass is 79.9. The number of rotatable bonds is 1. The predicted octanol–water partition coefficient (Wildman–Crippen LogP) is 2.23. The van der Waals surface area contributed by atoms with Crippen molar-refractivity contribution in [2.45, 2.75) is 0 Å². The van der Waals surface area contributed by atoms with Crippen LogP contribution in [0.1, 0.15) is 0 Å². The number of aromatic amines is 1. The fourth-order valence-electron chi connectivity index (χ4n) is 1.08. The molecule has 1 N–H and O–H groups in total. The Hall–Kier alpha value is -1.43. The Balaban J connectivity index is 2.67. The highest BCUT2D eigenvalue weighted by molar-refractivity contribution is 9.10. The zero-order chi connectivity index (χ0) is 9.42. The molecule has 6 heteroatoms. The fraction of sp³-hybridized carbons (Fsp3) is 0. The Kier molecular flexibility index (Phi) is 1.77. The number of benzene rings is 1. The van der Waals surface area contributed by atoms with E-state index in [4.69, 9.17) is 0 Å². The van der Waals surface area contributed by atoms with Crippen LogP contribution >= 0.6 is 15.9 Å². The van der Waals surface area contributed by atoms with Gasteiger partial charge in [0.15, 0.2) is 4.73 Å².